The van der Waals surface area contributed by atoms with Crippen molar-refractivity contribution in [3.8, 4) is 0 Å². The van der Waals surface area contributed by atoms with Gasteiger partial charge in [0.2, 0.25) is 5.89 Å². The smallest absolute Gasteiger partial charge is 0.239 e. The number of aryl methyl sites for hydroxylation is 1. The third-order valence-electron chi connectivity index (χ3n) is 1.99. The minimum Gasteiger partial charge on any atom is -0.338 e. The van der Waals surface area contributed by atoms with E-state index in [2.05, 4.69) is 20.3 Å². The third kappa shape index (κ3) is 3.20. The number of nitrogens with zero attached hydrogens (tertiary/aromatic N) is 4. The summed E-state index contributed by atoms with van der Waals surface area (Å²) < 4.78 is 7.09. The molecule has 1 atom stereocenters. The molecule has 5 nitrogen and oxygen atoms in total. The summed E-state index contributed by atoms with van der Waals surface area (Å²) >= 11 is 4.77. The maximum atomic E-state index is 5.19. The van der Waals surface area contributed by atoms with Crippen LogP contribution in [0.1, 0.15) is 30.8 Å². The molecule has 2 aromatic heterocycles. The van der Waals surface area contributed by atoms with E-state index in [1.54, 1.807) is 34.9 Å². The molecule has 1 unspecified atom stereocenters. The second-order valence-corrected chi connectivity index (χ2v) is 6.82. The van der Waals surface area contributed by atoms with Gasteiger partial charge < -0.3 is 4.52 Å². The predicted octanol–water partition coefficient (Wildman–Crippen LogP) is 3.06. The molecule has 2 heterocycles. The lowest BCUT2D eigenvalue weighted by atomic mass is 10.4. The molecule has 8 heteroatoms. The summed E-state index contributed by atoms with van der Waals surface area (Å²) in [5, 5.41) is 12.1. The SMILES string of the molecule is CCc1noc(C(C)Sc2nnc(SC)s2)n1. The van der Waals surface area contributed by atoms with Crippen LogP contribution in [0.4, 0.5) is 0 Å². The average Bonchev–Trinajstić information content (AvgIpc) is 2.96. The number of hydrogen-bond donors (Lipinski definition) is 0. The first kappa shape index (κ1) is 12.8. The maximum absolute atomic E-state index is 5.19. The van der Waals surface area contributed by atoms with Crippen molar-refractivity contribution in [1.29, 1.82) is 0 Å². The molecule has 2 aromatic rings. The molecule has 0 N–H and O–H groups in total. The second kappa shape index (κ2) is 5.83. The van der Waals surface area contributed by atoms with Crippen LogP contribution < -0.4 is 0 Å². The molecule has 0 aliphatic carbocycles. The summed E-state index contributed by atoms with van der Waals surface area (Å²) in [7, 11) is 0. The van der Waals surface area contributed by atoms with Gasteiger partial charge in [-0.2, -0.15) is 4.98 Å². The summed E-state index contributed by atoms with van der Waals surface area (Å²) in [6, 6.07) is 0. The van der Waals surface area contributed by atoms with Crippen molar-refractivity contribution in [3.05, 3.63) is 11.7 Å². The largest absolute Gasteiger partial charge is 0.338 e. The van der Waals surface area contributed by atoms with Gasteiger partial charge in [0.05, 0.1) is 5.25 Å². The van der Waals surface area contributed by atoms with Crippen molar-refractivity contribution in [2.45, 2.75) is 34.2 Å². The molecule has 92 valence electrons. The molecule has 2 rings (SSSR count). The van der Waals surface area contributed by atoms with Gasteiger partial charge in [-0.15, -0.1) is 10.2 Å². The highest BCUT2D eigenvalue weighted by Gasteiger charge is 2.17. The van der Waals surface area contributed by atoms with Crippen LogP contribution in [0.25, 0.3) is 0 Å². The van der Waals surface area contributed by atoms with Gasteiger partial charge in [-0.3, -0.25) is 0 Å². The number of aromatic nitrogens is 4. The van der Waals surface area contributed by atoms with Crippen molar-refractivity contribution in [3.63, 3.8) is 0 Å². The summed E-state index contributed by atoms with van der Waals surface area (Å²) in [4.78, 5) is 4.30. The Morgan fingerprint density at radius 3 is 2.71 bits per heavy atom. The molecule has 0 spiro atoms. The van der Waals surface area contributed by atoms with Gasteiger partial charge in [0.15, 0.2) is 14.5 Å². The van der Waals surface area contributed by atoms with Crippen molar-refractivity contribution in [2.24, 2.45) is 0 Å². The van der Waals surface area contributed by atoms with Gasteiger partial charge in [-0.1, -0.05) is 46.9 Å². The number of hydrogen-bond acceptors (Lipinski definition) is 8. The van der Waals surface area contributed by atoms with Gasteiger partial charge in [-0.25, -0.2) is 0 Å². The Bertz CT molecular complexity index is 484. The van der Waals surface area contributed by atoms with Crippen LogP contribution in [0.3, 0.4) is 0 Å². The average molecular weight is 288 g/mol. The Morgan fingerprint density at radius 2 is 2.12 bits per heavy atom. The first-order valence-corrected chi connectivity index (χ1v) is 8.01. The van der Waals surface area contributed by atoms with Crippen molar-refractivity contribution >= 4 is 34.9 Å². The van der Waals surface area contributed by atoms with Crippen LogP contribution in [0, 0.1) is 0 Å². The van der Waals surface area contributed by atoms with Gasteiger partial charge in [0.25, 0.3) is 0 Å². The maximum Gasteiger partial charge on any atom is 0.239 e. The van der Waals surface area contributed by atoms with Crippen LogP contribution >= 0.6 is 34.9 Å². The topological polar surface area (TPSA) is 64.7 Å². The van der Waals surface area contributed by atoms with E-state index < -0.39 is 0 Å². The predicted molar refractivity (Wildman–Crippen MR) is 69.6 cm³/mol. The van der Waals surface area contributed by atoms with Crippen molar-refractivity contribution < 1.29 is 4.52 Å². The van der Waals surface area contributed by atoms with Gasteiger partial charge in [-0.05, 0) is 13.2 Å². The molecule has 17 heavy (non-hydrogen) atoms. The van der Waals surface area contributed by atoms with Crippen LogP contribution in [0.5, 0.6) is 0 Å². The van der Waals surface area contributed by atoms with E-state index in [-0.39, 0.29) is 5.25 Å². The Labute approximate surface area is 112 Å². The first-order valence-electron chi connectivity index (χ1n) is 5.09. The lowest BCUT2D eigenvalue weighted by molar-refractivity contribution is 0.375. The standard InChI is InChI=1S/C9H12N4OS3/c1-4-6-10-7(14-13-6)5(2)16-9-12-11-8(15-3)17-9/h5H,4H2,1-3H3. The fourth-order valence-corrected chi connectivity index (χ4v) is 3.72. The zero-order chi connectivity index (χ0) is 12.3. The molecular weight excluding hydrogens is 276 g/mol. The second-order valence-electron chi connectivity index (χ2n) is 3.20. The first-order chi connectivity index (χ1) is 8.22. The lowest BCUT2D eigenvalue weighted by Gasteiger charge is -2.01. The monoisotopic (exact) mass is 288 g/mol. The highest BCUT2D eigenvalue weighted by Crippen LogP contribution is 2.36. The number of rotatable bonds is 5. The minimum absolute atomic E-state index is 0.102. The Kier molecular flexibility index (Phi) is 4.41. The normalized spacial score (nSPS) is 12.9. The van der Waals surface area contributed by atoms with Gasteiger partial charge in [0.1, 0.15) is 0 Å². The van der Waals surface area contributed by atoms with Crippen LogP contribution in [0.15, 0.2) is 13.2 Å². The molecule has 0 saturated heterocycles. The summed E-state index contributed by atoms with van der Waals surface area (Å²) in [6.07, 6.45) is 2.78. The molecule has 0 bridgehead atoms. The minimum atomic E-state index is 0.102. The van der Waals surface area contributed by atoms with E-state index in [4.69, 9.17) is 4.52 Å². The van der Waals surface area contributed by atoms with Gasteiger partial charge in [0, 0.05) is 6.42 Å². The summed E-state index contributed by atoms with van der Waals surface area (Å²) in [5.41, 5.74) is 0. The third-order valence-corrected chi connectivity index (χ3v) is 5.06. The lowest BCUT2D eigenvalue weighted by Crippen LogP contribution is -1.89. The fraction of sp³-hybridized carbons (Fsp3) is 0.556. The summed E-state index contributed by atoms with van der Waals surface area (Å²) in [5.74, 6) is 1.39. The van der Waals surface area contributed by atoms with E-state index in [1.165, 1.54) is 0 Å². The van der Waals surface area contributed by atoms with Crippen molar-refractivity contribution in [1.82, 2.24) is 20.3 Å². The number of thioether (sulfide) groups is 2. The molecule has 0 saturated carbocycles. The highest BCUT2D eigenvalue weighted by molar-refractivity contribution is 8.03. The highest BCUT2D eigenvalue weighted by atomic mass is 32.2. The molecule has 0 aliphatic rings. The van der Waals surface area contributed by atoms with E-state index in [9.17, 15) is 0 Å². The van der Waals surface area contributed by atoms with Crippen molar-refractivity contribution in [2.75, 3.05) is 6.26 Å². The zero-order valence-corrected chi connectivity index (χ0v) is 12.2. The van der Waals surface area contributed by atoms with E-state index in [0.29, 0.717) is 5.89 Å². The Morgan fingerprint density at radius 1 is 1.35 bits per heavy atom. The van der Waals surface area contributed by atoms with E-state index >= 15 is 0 Å². The van der Waals surface area contributed by atoms with Gasteiger partial charge >= 0.3 is 0 Å². The molecule has 0 aromatic carbocycles. The van der Waals surface area contributed by atoms with E-state index in [0.717, 1.165) is 20.9 Å². The van der Waals surface area contributed by atoms with Crippen LogP contribution in [-0.4, -0.2) is 26.6 Å². The van der Waals surface area contributed by atoms with Crippen LogP contribution in [0.2, 0.25) is 0 Å². The Hall–Kier alpha value is -0.600. The molecule has 0 aliphatic heterocycles. The quantitative estimate of drug-likeness (QED) is 0.783. The summed E-state index contributed by atoms with van der Waals surface area (Å²) in [6.45, 7) is 4.03. The molecular formula is C9H12N4OS3. The molecule has 0 fully saturated rings. The fourth-order valence-electron chi connectivity index (χ4n) is 1.11. The Balaban J connectivity index is 2.02. The zero-order valence-electron chi connectivity index (χ0n) is 9.71. The van der Waals surface area contributed by atoms with E-state index in [1.807, 2.05) is 20.1 Å². The molecule has 0 amide bonds. The van der Waals surface area contributed by atoms with Crippen LogP contribution in [-0.2, 0) is 6.42 Å². The molecule has 0 radical (unpaired) electrons.